The third kappa shape index (κ3) is 2.01. The lowest BCUT2D eigenvalue weighted by Crippen LogP contribution is -2.31. The van der Waals surface area contributed by atoms with Gasteiger partial charge in [-0.1, -0.05) is 0 Å². The molecule has 3 rings (SSSR count). The lowest BCUT2D eigenvalue weighted by Gasteiger charge is -2.25. The first-order valence-corrected chi connectivity index (χ1v) is 6.81. The maximum absolute atomic E-state index is 9.62. The first-order valence-electron chi connectivity index (χ1n) is 6.81. The Kier molecular flexibility index (Phi) is 3.54. The molecule has 1 aliphatic heterocycles. The van der Waals surface area contributed by atoms with Crippen LogP contribution >= 0.6 is 0 Å². The molecule has 3 heterocycles. The van der Waals surface area contributed by atoms with Crippen molar-refractivity contribution in [2.24, 2.45) is 16.3 Å². The summed E-state index contributed by atoms with van der Waals surface area (Å²) in [6.07, 6.45) is 4.26. The predicted molar refractivity (Wildman–Crippen MR) is 80.1 cm³/mol. The molecule has 0 unspecified atom stereocenters. The summed E-state index contributed by atoms with van der Waals surface area (Å²) in [6.45, 7) is 0. The number of hydrazone groups is 1. The van der Waals surface area contributed by atoms with Gasteiger partial charge in [0.2, 0.25) is 5.41 Å². The minimum atomic E-state index is -1.82. The molecule has 0 saturated heterocycles. The molecular weight excluding hydrogens is 308 g/mol. The molecule has 0 spiro atoms. The maximum atomic E-state index is 9.62. The second kappa shape index (κ2) is 5.68. The molecule has 116 valence electrons. The van der Waals surface area contributed by atoms with E-state index < -0.39 is 11.5 Å². The molecule has 0 amide bonds. The zero-order valence-corrected chi connectivity index (χ0v) is 12.2. The highest BCUT2D eigenvalue weighted by molar-refractivity contribution is 5.75. The Morgan fingerprint density at radius 3 is 2.42 bits per heavy atom. The summed E-state index contributed by atoms with van der Waals surface area (Å²) in [5.41, 5.74) is 4.01. The maximum Gasteiger partial charge on any atom is 0.211 e. The van der Waals surface area contributed by atoms with Crippen LogP contribution in [0.1, 0.15) is 17.6 Å². The zero-order chi connectivity index (χ0) is 17.2. The number of rotatable bonds is 3. The Morgan fingerprint density at radius 2 is 1.88 bits per heavy atom. The molecule has 2 aromatic heterocycles. The number of nitriles is 3. The summed E-state index contributed by atoms with van der Waals surface area (Å²) in [5, 5.41) is 34.1. The molecule has 0 aromatic carbocycles. The fraction of sp³-hybridized carbons (Fsp3) is 0.125. The van der Waals surface area contributed by atoms with Crippen LogP contribution in [0.3, 0.4) is 0 Å². The van der Waals surface area contributed by atoms with E-state index in [9.17, 15) is 15.8 Å². The smallest absolute Gasteiger partial charge is 0.211 e. The lowest BCUT2D eigenvalue weighted by atomic mass is 9.78. The quantitative estimate of drug-likeness (QED) is 0.853. The number of nitrogens with two attached hydrogens (primary N) is 1. The van der Waals surface area contributed by atoms with Crippen LogP contribution in [-0.2, 0) is 0 Å². The van der Waals surface area contributed by atoms with Gasteiger partial charge in [-0.25, -0.2) is 5.01 Å². The van der Waals surface area contributed by atoms with Crippen molar-refractivity contribution in [2.75, 3.05) is 0 Å². The van der Waals surface area contributed by atoms with Gasteiger partial charge in [0.25, 0.3) is 0 Å². The number of hydrogen-bond acceptors (Lipinski definition) is 8. The lowest BCUT2D eigenvalue weighted by molar-refractivity contribution is 0.208. The van der Waals surface area contributed by atoms with E-state index in [-0.39, 0.29) is 11.4 Å². The molecule has 2 N–H and O–H groups in total. The van der Waals surface area contributed by atoms with Crippen molar-refractivity contribution in [3.05, 3.63) is 59.7 Å². The van der Waals surface area contributed by atoms with Crippen molar-refractivity contribution >= 4 is 6.21 Å². The van der Waals surface area contributed by atoms with E-state index in [1.54, 1.807) is 24.3 Å². The number of nitrogens with zero attached hydrogens (tertiary/aromatic N) is 5. The zero-order valence-electron chi connectivity index (χ0n) is 12.2. The van der Waals surface area contributed by atoms with Crippen LogP contribution in [0.15, 0.2) is 62.1 Å². The second-order valence-corrected chi connectivity index (χ2v) is 4.93. The molecule has 0 radical (unpaired) electrons. The van der Waals surface area contributed by atoms with Crippen LogP contribution in [0.5, 0.6) is 0 Å². The average molecular weight is 318 g/mol. The SMILES string of the molecule is N#CC1=C(N)N(/N=C/c2ccco2)[C@H](c2ccco2)C1(C#N)C#N. The van der Waals surface area contributed by atoms with Gasteiger partial charge in [-0.05, 0) is 24.3 Å². The van der Waals surface area contributed by atoms with Crippen LogP contribution < -0.4 is 5.73 Å². The van der Waals surface area contributed by atoms with Gasteiger partial charge in [-0.2, -0.15) is 20.9 Å². The fourth-order valence-electron chi connectivity index (χ4n) is 2.57. The topological polar surface area (TPSA) is 139 Å². The summed E-state index contributed by atoms with van der Waals surface area (Å²) in [6, 6.07) is 11.2. The van der Waals surface area contributed by atoms with Gasteiger partial charge in [0.1, 0.15) is 35.0 Å². The summed E-state index contributed by atoms with van der Waals surface area (Å²) >= 11 is 0. The summed E-state index contributed by atoms with van der Waals surface area (Å²) in [7, 11) is 0. The highest BCUT2D eigenvalue weighted by Gasteiger charge is 2.57. The number of furan rings is 2. The standard InChI is InChI=1S/C16H10N6O2/c17-7-12-15(20)22(21-8-11-3-1-5-23-11)14(13-4-2-6-24-13)16(12,9-18)10-19/h1-6,8,14H,20H2/b21-8+/t14-/m1/s1. The predicted octanol–water partition coefficient (Wildman–Crippen LogP) is 1.99. The molecule has 1 atom stereocenters. The molecular formula is C16H10N6O2. The van der Waals surface area contributed by atoms with Crippen molar-refractivity contribution in [1.29, 1.82) is 15.8 Å². The third-order valence-electron chi connectivity index (χ3n) is 3.68. The average Bonchev–Trinajstić information content (AvgIpc) is 3.33. The van der Waals surface area contributed by atoms with Crippen LogP contribution in [0.2, 0.25) is 0 Å². The Bertz CT molecular complexity index is 905. The van der Waals surface area contributed by atoms with Gasteiger partial charge in [0.15, 0.2) is 0 Å². The molecule has 2 aromatic rings. The van der Waals surface area contributed by atoms with Crippen molar-refractivity contribution in [1.82, 2.24) is 5.01 Å². The molecule has 0 aliphatic carbocycles. The van der Waals surface area contributed by atoms with E-state index >= 15 is 0 Å². The van der Waals surface area contributed by atoms with Crippen LogP contribution in [0.25, 0.3) is 0 Å². The molecule has 0 bridgehead atoms. The van der Waals surface area contributed by atoms with Gasteiger partial charge in [-0.15, -0.1) is 0 Å². The molecule has 0 fully saturated rings. The summed E-state index contributed by atoms with van der Waals surface area (Å²) < 4.78 is 10.5. The van der Waals surface area contributed by atoms with E-state index in [1.807, 2.05) is 18.2 Å². The van der Waals surface area contributed by atoms with Crippen molar-refractivity contribution in [3.63, 3.8) is 0 Å². The van der Waals surface area contributed by atoms with E-state index in [2.05, 4.69) is 5.10 Å². The van der Waals surface area contributed by atoms with Crippen molar-refractivity contribution < 1.29 is 8.83 Å². The fourth-order valence-corrected chi connectivity index (χ4v) is 2.57. The highest BCUT2D eigenvalue weighted by atomic mass is 16.3. The van der Waals surface area contributed by atoms with E-state index in [1.165, 1.54) is 23.7 Å². The summed E-state index contributed by atoms with van der Waals surface area (Å²) in [5.74, 6) is 0.665. The van der Waals surface area contributed by atoms with E-state index in [4.69, 9.17) is 14.6 Å². The van der Waals surface area contributed by atoms with Crippen molar-refractivity contribution in [2.45, 2.75) is 6.04 Å². The van der Waals surface area contributed by atoms with Gasteiger partial charge in [0.05, 0.1) is 30.9 Å². The number of hydrogen-bond donors (Lipinski definition) is 1. The largest absolute Gasteiger partial charge is 0.467 e. The van der Waals surface area contributed by atoms with Crippen LogP contribution in [0.4, 0.5) is 0 Å². The Hall–Kier alpha value is -3.96. The second-order valence-electron chi connectivity index (χ2n) is 4.93. The summed E-state index contributed by atoms with van der Waals surface area (Å²) in [4.78, 5) is 0. The van der Waals surface area contributed by atoms with Crippen molar-refractivity contribution in [3.8, 4) is 18.2 Å². The molecule has 8 nitrogen and oxygen atoms in total. The van der Waals surface area contributed by atoms with E-state index in [0.717, 1.165) is 0 Å². The van der Waals surface area contributed by atoms with Crippen LogP contribution in [-0.4, -0.2) is 11.2 Å². The first kappa shape index (κ1) is 15.0. The Balaban J connectivity index is 2.15. The van der Waals surface area contributed by atoms with Crippen LogP contribution in [0, 0.1) is 39.4 Å². The molecule has 1 aliphatic rings. The van der Waals surface area contributed by atoms with Gasteiger partial charge in [0, 0.05) is 0 Å². The van der Waals surface area contributed by atoms with Gasteiger partial charge < -0.3 is 14.6 Å². The first-order chi connectivity index (χ1) is 11.7. The molecule has 8 heteroatoms. The van der Waals surface area contributed by atoms with E-state index in [0.29, 0.717) is 11.5 Å². The van der Waals surface area contributed by atoms with Gasteiger partial charge in [-0.3, -0.25) is 0 Å². The Morgan fingerprint density at radius 1 is 1.17 bits per heavy atom. The Labute approximate surface area is 136 Å². The molecule has 24 heavy (non-hydrogen) atoms. The minimum absolute atomic E-state index is 0.0789. The molecule has 0 saturated carbocycles. The highest BCUT2D eigenvalue weighted by Crippen LogP contribution is 2.51. The monoisotopic (exact) mass is 318 g/mol. The normalized spacial score (nSPS) is 19.2. The minimum Gasteiger partial charge on any atom is -0.467 e. The third-order valence-corrected chi connectivity index (χ3v) is 3.68. The van der Waals surface area contributed by atoms with Gasteiger partial charge >= 0.3 is 0 Å².